The number of aromatic hydroxyl groups is 1. The summed E-state index contributed by atoms with van der Waals surface area (Å²) in [6.07, 6.45) is 0.633. The number of nitrogens with zero attached hydrogens (tertiary/aromatic N) is 4. The molecule has 186 valence electrons. The molecule has 3 aromatic rings. The number of aryl methyl sites for hydroxylation is 1. The van der Waals surface area contributed by atoms with E-state index < -0.39 is 24.6 Å². The highest BCUT2D eigenvalue weighted by molar-refractivity contribution is 6.02. The Morgan fingerprint density at radius 2 is 2.14 bits per heavy atom. The zero-order valence-corrected chi connectivity index (χ0v) is 19.5. The number of methoxy groups -OCH3 is 1. The van der Waals surface area contributed by atoms with Crippen LogP contribution in [0.4, 0.5) is 5.69 Å². The highest BCUT2D eigenvalue weighted by Gasteiger charge is 2.29. The Morgan fingerprint density at radius 1 is 1.33 bits per heavy atom. The quantitative estimate of drug-likeness (QED) is 0.128. The number of aromatic nitrogens is 3. The molecule has 36 heavy (non-hydrogen) atoms. The molecular formula is C23H25N9O4. The molecule has 13 heteroatoms. The number of benzene rings is 1. The van der Waals surface area contributed by atoms with Gasteiger partial charge in [-0.2, -0.15) is 10.2 Å². The molecule has 0 radical (unpaired) electrons. The van der Waals surface area contributed by atoms with Crippen molar-refractivity contribution >= 4 is 23.3 Å². The first kappa shape index (κ1) is 24.3. The number of amidine groups is 2. The van der Waals surface area contributed by atoms with Crippen molar-refractivity contribution in [3.8, 4) is 11.6 Å². The average molecular weight is 492 g/mol. The number of nitrogens with two attached hydrogens (primary N) is 1. The predicted octanol–water partition coefficient (Wildman–Crippen LogP) is 1.16. The number of rotatable bonds is 9. The first-order valence-corrected chi connectivity index (χ1v) is 10.8. The second-order valence-corrected chi connectivity index (χ2v) is 8.01. The van der Waals surface area contributed by atoms with Crippen molar-refractivity contribution in [2.24, 2.45) is 10.7 Å². The summed E-state index contributed by atoms with van der Waals surface area (Å²) in [6.45, 7) is 1.82. The molecule has 0 amide bonds. The molecule has 0 saturated carbocycles. The van der Waals surface area contributed by atoms with Crippen molar-refractivity contribution in [1.29, 1.82) is 5.41 Å². The minimum atomic E-state index is -1.12. The van der Waals surface area contributed by atoms with Crippen LogP contribution in [-0.2, 0) is 11.2 Å². The standard InChI is InChI=1S/C23H25N9O4/c1-11-6-13(8-18(27-11)36-2)20(23-29-22(31-32-23)15-4-3-5-26-30-15)28-16-7-12(9-19(34)35)17(33)10-14(16)21(24)25/h3-8,10,20,22,28,31,33H,9H2,1-2H3,(H3,24,25)(H,29,32)(H,34,35)/t20?,22-/m0/s1. The van der Waals surface area contributed by atoms with Crippen LogP contribution in [0.25, 0.3) is 0 Å². The van der Waals surface area contributed by atoms with Gasteiger partial charge in [0, 0.05) is 34.8 Å². The maximum atomic E-state index is 11.3. The number of carboxylic acids is 1. The topological polar surface area (TPSA) is 204 Å². The normalized spacial score (nSPS) is 15.5. The average Bonchev–Trinajstić information content (AvgIpc) is 3.33. The molecular weight excluding hydrogens is 466 g/mol. The Bertz CT molecular complexity index is 1330. The van der Waals surface area contributed by atoms with Crippen LogP contribution in [0.15, 0.2) is 47.6 Å². The van der Waals surface area contributed by atoms with Gasteiger partial charge in [0.05, 0.1) is 13.5 Å². The second kappa shape index (κ2) is 10.2. The van der Waals surface area contributed by atoms with Gasteiger partial charge in [-0.25, -0.2) is 15.4 Å². The predicted molar refractivity (Wildman–Crippen MR) is 131 cm³/mol. The van der Waals surface area contributed by atoms with Crippen molar-refractivity contribution in [1.82, 2.24) is 26.0 Å². The summed E-state index contributed by atoms with van der Waals surface area (Å²) in [5.41, 5.74) is 14.6. The van der Waals surface area contributed by atoms with E-state index in [1.165, 1.54) is 19.2 Å². The van der Waals surface area contributed by atoms with Gasteiger partial charge in [0.15, 0.2) is 6.17 Å². The molecule has 0 fully saturated rings. The highest BCUT2D eigenvalue weighted by Crippen LogP contribution is 2.32. The Balaban J connectivity index is 1.81. The molecule has 1 unspecified atom stereocenters. The zero-order valence-electron chi connectivity index (χ0n) is 19.5. The Hall–Kier alpha value is -4.78. The molecule has 13 nitrogen and oxygen atoms in total. The molecule has 1 aromatic carbocycles. The minimum Gasteiger partial charge on any atom is -0.508 e. The number of nitrogens with one attached hydrogen (secondary N) is 4. The number of hydrogen-bond acceptors (Lipinski definition) is 11. The maximum absolute atomic E-state index is 11.3. The third kappa shape index (κ3) is 5.31. The van der Waals surface area contributed by atoms with Crippen LogP contribution in [0.5, 0.6) is 11.6 Å². The zero-order chi connectivity index (χ0) is 25.8. The van der Waals surface area contributed by atoms with Crippen LogP contribution in [0.3, 0.4) is 0 Å². The summed E-state index contributed by atoms with van der Waals surface area (Å²) < 4.78 is 5.34. The number of phenols is 1. The van der Waals surface area contributed by atoms with Gasteiger partial charge in [-0.3, -0.25) is 10.2 Å². The smallest absolute Gasteiger partial charge is 0.307 e. The fourth-order valence-electron chi connectivity index (χ4n) is 3.77. The molecule has 8 N–H and O–H groups in total. The maximum Gasteiger partial charge on any atom is 0.307 e. The Labute approximate surface area is 205 Å². The van der Waals surface area contributed by atoms with Crippen LogP contribution in [0, 0.1) is 12.3 Å². The van der Waals surface area contributed by atoms with Gasteiger partial charge in [0.2, 0.25) is 5.88 Å². The van der Waals surface area contributed by atoms with Gasteiger partial charge in [0.1, 0.15) is 29.2 Å². The van der Waals surface area contributed by atoms with Crippen molar-refractivity contribution in [3.63, 3.8) is 0 Å². The molecule has 2 aromatic heterocycles. The lowest BCUT2D eigenvalue weighted by molar-refractivity contribution is -0.136. The summed E-state index contributed by atoms with van der Waals surface area (Å²) in [5.74, 6) is -0.838. The summed E-state index contributed by atoms with van der Waals surface area (Å²) in [4.78, 5) is 20.4. The number of nitrogen functional groups attached to an aromatic ring is 1. The largest absolute Gasteiger partial charge is 0.508 e. The van der Waals surface area contributed by atoms with Gasteiger partial charge < -0.3 is 31.4 Å². The number of aliphatic imine (C=N–C) groups is 1. The van der Waals surface area contributed by atoms with Gasteiger partial charge in [-0.05, 0) is 42.8 Å². The summed E-state index contributed by atoms with van der Waals surface area (Å²) >= 11 is 0. The minimum absolute atomic E-state index is 0.161. The van der Waals surface area contributed by atoms with E-state index in [1.54, 1.807) is 24.4 Å². The summed E-state index contributed by atoms with van der Waals surface area (Å²) in [5, 5.41) is 38.9. The molecule has 4 rings (SSSR count). The molecule has 0 aliphatic carbocycles. The van der Waals surface area contributed by atoms with E-state index in [-0.39, 0.29) is 22.7 Å². The van der Waals surface area contributed by atoms with Gasteiger partial charge in [-0.15, -0.1) is 0 Å². The monoisotopic (exact) mass is 491 g/mol. The number of ether oxygens (including phenoxy) is 1. The SMILES string of the molecule is COc1cc(C(Nc2cc(CC(=O)O)c(O)cc2C(=N)N)C2=N[C@H](c3cccnn3)NN2)cc(C)n1. The Kier molecular flexibility index (Phi) is 6.92. The van der Waals surface area contributed by atoms with E-state index in [2.05, 4.69) is 31.3 Å². The molecule has 1 aliphatic heterocycles. The highest BCUT2D eigenvalue weighted by atomic mass is 16.5. The van der Waals surface area contributed by atoms with Gasteiger partial charge >= 0.3 is 5.97 Å². The van der Waals surface area contributed by atoms with E-state index in [9.17, 15) is 15.0 Å². The van der Waals surface area contributed by atoms with Crippen LogP contribution in [0.1, 0.15) is 40.3 Å². The lowest BCUT2D eigenvalue weighted by Crippen LogP contribution is -2.37. The first-order chi connectivity index (χ1) is 17.2. The summed E-state index contributed by atoms with van der Waals surface area (Å²) in [6, 6.07) is 9.19. The number of carbonyl (C=O) groups is 1. The molecule has 0 spiro atoms. The number of hydrazine groups is 1. The summed E-state index contributed by atoms with van der Waals surface area (Å²) in [7, 11) is 1.51. The van der Waals surface area contributed by atoms with Crippen molar-refractivity contribution in [2.45, 2.75) is 25.6 Å². The van der Waals surface area contributed by atoms with Crippen LogP contribution < -0.4 is 26.6 Å². The molecule has 1 aliphatic rings. The molecule has 0 saturated heterocycles. The lowest BCUT2D eigenvalue weighted by atomic mass is 10.0. The number of pyridine rings is 1. The first-order valence-electron chi connectivity index (χ1n) is 10.8. The van der Waals surface area contributed by atoms with E-state index in [0.717, 1.165) is 5.56 Å². The van der Waals surface area contributed by atoms with E-state index in [0.29, 0.717) is 28.8 Å². The fraction of sp³-hybridized carbons (Fsp3) is 0.217. The molecule has 2 atom stereocenters. The van der Waals surface area contributed by atoms with E-state index >= 15 is 0 Å². The van der Waals surface area contributed by atoms with Crippen LogP contribution in [0.2, 0.25) is 0 Å². The second-order valence-electron chi connectivity index (χ2n) is 8.01. The van der Waals surface area contributed by atoms with Gasteiger partial charge in [0.25, 0.3) is 0 Å². The number of anilines is 1. The number of phenolic OH excluding ortho intramolecular Hbond substituents is 1. The third-order valence-electron chi connectivity index (χ3n) is 5.40. The Morgan fingerprint density at radius 3 is 2.81 bits per heavy atom. The number of carboxylic acid groups (broad SMARTS) is 1. The molecule has 3 heterocycles. The molecule has 0 bridgehead atoms. The van der Waals surface area contributed by atoms with Crippen LogP contribution in [-0.4, -0.2) is 50.1 Å². The van der Waals surface area contributed by atoms with Crippen molar-refractivity contribution in [3.05, 3.63) is 70.7 Å². The van der Waals surface area contributed by atoms with Gasteiger partial charge in [-0.1, -0.05) is 0 Å². The fourth-order valence-corrected chi connectivity index (χ4v) is 3.77. The lowest BCUT2D eigenvalue weighted by Gasteiger charge is -2.23. The van der Waals surface area contributed by atoms with Crippen LogP contribution >= 0.6 is 0 Å². The number of aliphatic carboxylic acids is 1. The third-order valence-corrected chi connectivity index (χ3v) is 5.40. The van der Waals surface area contributed by atoms with Crippen molar-refractivity contribution in [2.75, 3.05) is 12.4 Å². The van der Waals surface area contributed by atoms with E-state index in [4.69, 9.17) is 20.9 Å². The van der Waals surface area contributed by atoms with Crippen molar-refractivity contribution < 1.29 is 19.7 Å². The van der Waals surface area contributed by atoms with E-state index in [1.807, 2.05) is 13.0 Å². The number of hydrogen-bond donors (Lipinski definition) is 7.